The van der Waals surface area contributed by atoms with Crippen LogP contribution in [0.4, 0.5) is 13.2 Å². The first-order chi connectivity index (χ1) is 6.61. The number of halogens is 3. The summed E-state index contributed by atoms with van der Waals surface area (Å²) >= 11 is 0. The minimum absolute atomic E-state index is 0.0293. The zero-order chi connectivity index (χ0) is 10.7. The first-order valence-corrected chi connectivity index (χ1v) is 4.06. The molecule has 0 saturated carbocycles. The molecule has 0 bridgehead atoms. The van der Waals surface area contributed by atoms with Crippen LogP contribution in [0, 0.1) is 17.5 Å². The van der Waals surface area contributed by atoms with Gasteiger partial charge in [0.25, 0.3) is 0 Å². The number of nitrogens with two attached hydrogens (primary N) is 1. The normalized spacial score (nSPS) is 12.9. The molecular weight excluding hydrogens is 195 g/mol. The second kappa shape index (κ2) is 4.43. The Morgan fingerprint density at radius 3 is 2.36 bits per heavy atom. The second-order valence-corrected chi connectivity index (χ2v) is 2.88. The van der Waals surface area contributed by atoms with E-state index in [4.69, 9.17) is 10.8 Å². The molecule has 0 radical (unpaired) electrons. The summed E-state index contributed by atoms with van der Waals surface area (Å²) < 4.78 is 38.4. The Labute approximate surface area is 79.2 Å². The molecule has 0 aromatic heterocycles. The van der Waals surface area contributed by atoms with Gasteiger partial charge < -0.3 is 10.8 Å². The Bertz CT molecular complexity index is 326. The number of hydrogen-bond acceptors (Lipinski definition) is 2. The Balaban J connectivity index is 3.16. The van der Waals surface area contributed by atoms with Crippen LogP contribution in [0.5, 0.6) is 0 Å². The molecule has 3 N–H and O–H groups in total. The average Bonchev–Trinajstić information content (AvgIpc) is 2.19. The van der Waals surface area contributed by atoms with Gasteiger partial charge in [-0.05, 0) is 11.6 Å². The minimum Gasteiger partial charge on any atom is -0.396 e. The number of rotatable bonds is 3. The predicted molar refractivity (Wildman–Crippen MR) is 45.2 cm³/mol. The highest BCUT2D eigenvalue weighted by atomic mass is 19.2. The minimum atomic E-state index is -1.53. The van der Waals surface area contributed by atoms with E-state index < -0.39 is 30.0 Å². The van der Waals surface area contributed by atoms with Gasteiger partial charge in [-0.3, -0.25) is 0 Å². The molecule has 0 aliphatic heterocycles. The molecule has 0 fully saturated rings. The van der Waals surface area contributed by atoms with Crippen LogP contribution in [0.1, 0.15) is 11.5 Å². The van der Waals surface area contributed by atoms with Gasteiger partial charge in [0.05, 0.1) is 6.61 Å². The molecule has 5 heteroatoms. The summed E-state index contributed by atoms with van der Waals surface area (Å²) in [5.74, 6) is -4.77. The predicted octanol–water partition coefficient (Wildman–Crippen LogP) is 1.14. The van der Waals surface area contributed by atoms with Gasteiger partial charge in [-0.2, -0.15) is 0 Å². The van der Waals surface area contributed by atoms with Gasteiger partial charge in [-0.1, -0.05) is 6.07 Å². The van der Waals surface area contributed by atoms with Crippen molar-refractivity contribution >= 4 is 0 Å². The van der Waals surface area contributed by atoms with Crippen molar-refractivity contribution in [1.29, 1.82) is 0 Å². The lowest BCUT2D eigenvalue weighted by atomic mass is 9.99. The van der Waals surface area contributed by atoms with Gasteiger partial charge in [-0.25, -0.2) is 13.2 Å². The third-order valence-electron chi connectivity index (χ3n) is 2.01. The van der Waals surface area contributed by atoms with E-state index in [1.54, 1.807) is 0 Å². The second-order valence-electron chi connectivity index (χ2n) is 2.88. The fourth-order valence-electron chi connectivity index (χ4n) is 1.16. The highest BCUT2D eigenvalue weighted by Crippen LogP contribution is 2.21. The molecule has 1 rings (SSSR count). The van der Waals surface area contributed by atoms with E-state index >= 15 is 0 Å². The van der Waals surface area contributed by atoms with Crippen LogP contribution in [-0.2, 0) is 0 Å². The van der Waals surface area contributed by atoms with Gasteiger partial charge in [0.15, 0.2) is 17.5 Å². The van der Waals surface area contributed by atoms with Crippen LogP contribution < -0.4 is 5.73 Å². The molecule has 2 nitrogen and oxygen atoms in total. The average molecular weight is 205 g/mol. The van der Waals surface area contributed by atoms with Crippen molar-refractivity contribution in [2.24, 2.45) is 5.73 Å². The van der Waals surface area contributed by atoms with Crippen molar-refractivity contribution in [2.45, 2.75) is 5.92 Å². The Hall–Kier alpha value is -1.07. The molecule has 0 aliphatic carbocycles. The fourth-order valence-corrected chi connectivity index (χ4v) is 1.16. The number of aliphatic hydroxyl groups excluding tert-OH is 1. The number of hydrogen-bond donors (Lipinski definition) is 2. The maximum atomic E-state index is 13.1. The summed E-state index contributed by atoms with van der Waals surface area (Å²) in [6.07, 6.45) is 0. The zero-order valence-corrected chi connectivity index (χ0v) is 7.30. The van der Waals surface area contributed by atoms with Gasteiger partial charge in [0.2, 0.25) is 0 Å². The zero-order valence-electron chi connectivity index (χ0n) is 7.30. The molecule has 1 atom stereocenters. The molecule has 1 aromatic rings. The van der Waals surface area contributed by atoms with Crippen LogP contribution in [0.15, 0.2) is 12.1 Å². The largest absolute Gasteiger partial charge is 0.396 e. The molecule has 0 spiro atoms. The Kier molecular flexibility index (Phi) is 3.49. The van der Waals surface area contributed by atoms with Gasteiger partial charge >= 0.3 is 0 Å². The molecule has 0 amide bonds. The molecule has 1 aromatic carbocycles. The van der Waals surface area contributed by atoms with E-state index in [9.17, 15) is 13.2 Å². The highest BCUT2D eigenvalue weighted by Gasteiger charge is 2.18. The van der Waals surface area contributed by atoms with Crippen molar-refractivity contribution in [3.63, 3.8) is 0 Å². The summed E-state index contributed by atoms with van der Waals surface area (Å²) in [5.41, 5.74) is 5.13. The molecule has 14 heavy (non-hydrogen) atoms. The van der Waals surface area contributed by atoms with Gasteiger partial charge in [-0.15, -0.1) is 0 Å². The SMILES string of the molecule is NCC(CO)c1ccc(F)c(F)c1F. The lowest BCUT2D eigenvalue weighted by Gasteiger charge is -2.13. The molecule has 0 heterocycles. The quantitative estimate of drug-likeness (QED) is 0.727. The van der Waals surface area contributed by atoms with Crippen molar-refractivity contribution in [3.05, 3.63) is 35.1 Å². The van der Waals surface area contributed by atoms with Crippen LogP contribution in [0.2, 0.25) is 0 Å². The Morgan fingerprint density at radius 2 is 1.86 bits per heavy atom. The molecule has 0 aliphatic rings. The molecule has 1 unspecified atom stereocenters. The summed E-state index contributed by atoms with van der Waals surface area (Å²) in [6.45, 7) is -0.434. The lowest BCUT2D eigenvalue weighted by molar-refractivity contribution is 0.263. The van der Waals surface area contributed by atoms with E-state index in [0.29, 0.717) is 0 Å². The van der Waals surface area contributed by atoms with E-state index in [0.717, 1.165) is 12.1 Å². The van der Waals surface area contributed by atoms with Crippen LogP contribution in [0.3, 0.4) is 0 Å². The van der Waals surface area contributed by atoms with E-state index in [-0.39, 0.29) is 12.1 Å². The smallest absolute Gasteiger partial charge is 0.194 e. The van der Waals surface area contributed by atoms with Crippen molar-refractivity contribution < 1.29 is 18.3 Å². The third-order valence-corrected chi connectivity index (χ3v) is 2.01. The van der Waals surface area contributed by atoms with Crippen LogP contribution in [0.25, 0.3) is 0 Å². The van der Waals surface area contributed by atoms with Crippen molar-refractivity contribution in [1.82, 2.24) is 0 Å². The summed E-state index contributed by atoms with van der Waals surface area (Å²) in [6, 6.07) is 1.90. The first-order valence-electron chi connectivity index (χ1n) is 4.06. The third kappa shape index (κ3) is 1.88. The lowest BCUT2D eigenvalue weighted by Crippen LogP contribution is -2.18. The van der Waals surface area contributed by atoms with E-state index in [1.165, 1.54) is 0 Å². The topological polar surface area (TPSA) is 46.2 Å². The van der Waals surface area contributed by atoms with Gasteiger partial charge in [0.1, 0.15) is 0 Å². The van der Waals surface area contributed by atoms with Crippen molar-refractivity contribution in [2.75, 3.05) is 13.2 Å². The molecule has 0 saturated heterocycles. The van der Waals surface area contributed by atoms with E-state index in [1.807, 2.05) is 0 Å². The van der Waals surface area contributed by atoms with Crippen LogP contribution >= 0.6 is 0 Å². The first kappa shape index (κ1) is 11.0. The summed E-state index contributed by atoms with van der Waals surface area (Å²) in [5, 5.41) is 8.80. The standard InChI is InChI=1S/C9H10F3NO/c10-7-2-1-6(5(3-13)4-14)8(11)9(7)12/h1-2,5,14H,3-4,13H2. The maximum Gasteiger partial charge on any atom is 0.194 e. The molecule has 78 valence electrons. The molecular formula is C9H10F3NO. The maximum absolute atomic E-state index is 13.1. The monoisotopic (exact) mass is 205 g/mol. The van der Waals surface area contributed by atoms with Gasteiger partial charge in [0, 0.05) is 12.5 Å². The fraction of sp³-hybridized carbons (Fsp3) is 0.333. The Morgan fingerprint density at radius 1 is 1.21 bits per heavy atom. The number of benzene rings is 1. The van der Waals surface area contributed by atoms with Crippen LogP contribution in [-0.4, -0.2) is 18.3 Å². The summed E-state index contributed by atoms with van der Waals surface area (Å²) in [4.78, 5) is 0. The summed E-state index contributed by atoms with van der Waals surface area (Å²) in [7, 11) is 0. The highest BCUT2D eigenvalue weighted by molar-refractivity contribution is 5.24. The van der Waals surface area contributed by atoms with Crippen molar-refractivity contribution in [3.8, 4) is 0 Å². The van der Waals surface area contributed by atoms with E-state index in [2.05, 4.69) is 0 Å². The number of aliphatic hydroxyl groups is 1.